The number of amides is 11. The van der Waals surface area contributed by atoms with E-state index in [0.29, 0.717) is 5.56 Å². The molecule has 8 unspecified atom stereocenters. The molecule has 0 saturated heterocycles. The minimum atomic E-state index is -1.71. The molecule has 8 atom stereocenters. The smallest absolute Gasteiger partial charge is 0.245 e. The van der Waals surface area contributed by atoms with Gasteiger partial charge in [-0.1, -0.05) is 39.8 Å². The highest BCUT2D eigenvalue weighted by molar-refractivity contribution is 7.80. The van der Waals surface area contributed by atoms with Crippen LogP contribution in [0.15, 0.2) is 24.3 Å². The molecular weight excluding hydrogens is 921 g/mol. The third-order valence-corrected chi connectivity index (χ3v) is 9.92. The van der Waals surface area contributed by atoms with Crippen molar-refractivity contribution < 1.29 is 72.9 Å². The summed E-state index contributed by atoms with van der Waals surface area (Å²) < 4.78 is 0. The quantitative estimate of drug-likeness (QED) is 0.0251. The van der Waals surface area contributed by atoms with E-state index < -0.39 is 158 Å². The largest absolute Gasteiger partial charge is 0.508 e. The summed E-state index contributed by atoms with van der Waals surface area (Å²) in [5.41, 5.74) is 16.9. The first-order chi connectivity index (χ1) is 31.9. The average molecular weight is 983 g/mol. The second-order valence-corrected chi connectivity index (χ2v) is 16.2. The molecule has 1 rings (SSSR count). The van der Waals surface area contributed by atoms with Crippen molar-refractivity contribution in [1.82, 2.24) is 47.9 Å². The van der Waals surface area contributed by atoms with Gasteiger partial charge in [0.2, 0.25) is 65.0 Å². The zero-order chi connectivity index (χ0) is 51.8. The van der Waals surface area contributed by atoms with Crippen LogP contribution < -0.4 is 65.1 Å². The lowest BCUT2D eigenvalue weighted by atomic mass is 10.0. The Morgan fingerprint density at radius 1 is 0.574 bits per heavy atom. The van der Waals surface area contributed by atoms with Crippen LogP contribution in [-0.2, 0) is 64.0 Å². The SMILES string of the molecule is CC(C)C(N)C(=O)NC(CC(N)=O)C(=O)NC(Cc1ccc(O)cc1)C(=O)NCC(=O)NC(CC(N)=O)C(=O)NCC(=O)NC(C(=O)NC(CO)C(=O)NC(CS)C(=O)NC(C=O)CO)C(C)C. The van der Waals surface area contributed by atoms with E-state index in [9.17, 15) is 67.7 Å². The van der Waals surface area contributed by atoms with Crippen LogP contribution in [0.2, 0.25) is 0 Å². The number of rotatable bonds is 30. The number of hydrogen-bond acceptors (Lipinski definition) is 17. The van der Waals surface area contributed by atoms with Gasteiger partial charge in [-0.3, -0.25) is 52.7 Å². The number of aldehydes is 1. The van der Waals surface area contributed by atoms with Crippen molar-refractivity contribution in [3.05, 3.63) is 29.8 Å². The molecule has 0 aromatic heterocycles. The lowest BCUT2D eigenvalue weighted by Crippen LogP contribution is -2.60. The topological polar surface area (TPSA) is 452 Å². The molecule has 0 saturated carbocycles. The Kier molecular flexibility index (Phi) is 25.8. The number of nitrogens with one attached hydrogen (secondary N) is 9. The predicted molar refractivity (Wildman–Crippen MR) is 241 cm³/mol. The molecule has 18 N–H and O–H groups in total. The summed E-state index contributed by atoms with van der Waals surface area (Å²) in [5.74, 6) is -12.3. The lowest BCUT2D eigenvalue weighted by molar-refractivity contribution is -0.135. The van der Waals surface area contributed by atoms with Gasteiger partial charge in [0, 0.05) is 12.2 Å². The third kappa shape index (κ3) is 21.2. The van der Waals surface area contributed by atoms with Crippen LogP contribution in [0.3, 0.4) is 0 Å². The van der Waals surface area contributed by atoms with Crippen LogP contribution in [0, 0.1) is 11.8 Å². The molecule has 0 aliphatic rings. The molecule has 0 radical (unpaired) electrons. The predicted octanol–water partition coefficient (Wildman–Crippen LogP) is -7.94. The maximum atomic E-state index is 13.5. The van der Waals surface area contributed by atoms with Gasteiger partial charge in [0.05, 0.1) is 45.2 Å². The number of phenols is 1. The van der Waals surface area contributed by atoms with Gasteiger partial charge in [-0.2, -0.15) is 12.6 Å². The van der Waals surface area contributed by atoms with Gasteiger partial charge < -0.3 is 85.2 Å². The number of primary amides is 2. The fourth-order valence-corrected chi connectivity index (χ4v) is 5.91. The number of aliphatic hydroxyl groups is 2. The summed E-state index contributed by atoms with van der Waals surface area (Å²) in [6, 6.07) is -6.05. The fraction of sp³-hybridized carbons (Fsp3) is 0.550. The van der Waals surface area contributed by atoms with Crippen LogP contribution in [0.5, 0.6) is 5.75 Å². The van der Waals surface area contributed by atoms with E-state index >= 15 is 0 Å². The number of thiol groups is 1. The molecule has 378 valence electrons. The highest BCUT2D eigenvalue weighted by atomic mass is 32.1. The Morgan fingerprint density at radius 3 is 1.50 bits per heavy atom. The summed E-state index contributed by atoms with van der Waals surface area (Å²) >= 11 is 3.98. The molecule has 0 fully saturated rings. The zero-order valence-corrected chi connectivity index (χ0v) is 38.6. The van der Waals surface area contributed by atoms with E-state index in [-0.39, 0.29) is 30.1 Å². The maximum Gasteiger partial charge on any atom is 0.245 e. The molecule has 68 heavy (non-hydrogen) atoms. The number of aromatic hydroxyl groups is 1. The summed E-state index contributed by atoms with van der Waals surface area (Å²) in [4.78, 5) is 152. The average Bonchev–Trinajstić information content (AvgIpc) is 3.27. The van der Waals surface area contributed by atoms with Crippen LogP contribution in [0.25, 0.3) is 0 Å². The van der Waals surface area contributed by atoms with Gasteiger partial charge in [0.25, 0.3) is 0 Å². The first-order valence-electron chi connectivity index (χ1n) is 20.9. The summed E-state index contributed by atoms with van der Waals surface area (Å²) in [6.45, 7) is 2.91. The second-order valence-electron chi connectivity index (χ2n) is 15.9. The van der Waals surface area contributed by atoms with Gasteiger partial charge in [0.1, 0.15) is 54.3 Å². The van der Waals surface area contributed by atoms with Gasteiger partial charge in [-0.25, -0.2) is 0 Å². The second kappa shape index (κ2) is 29.7. The van der Waals surface area contributed by atoms with E-state index in [1.54, 1.807) is 13.8 Å². The van der Waals surface area contributed by atoms with Crippen LogP contribution in [0.1, 0.15) is 46.1 Å². The Hall–Kier alpha value is -6.91. The first-order valence-corrected chi connectivity index (χ1v) is 21.5. The molecule has 11 amide bonds. The number of aliphatic hydroxyl groups excluding tert-OH is 2. The summed E-state index contributed by atoms with van der Waals surface area (Å²) in [5, 5.41) is 49.1. The van der Waals surface area contributed by atoms with Crippen molar-refractivity contribution in [3.8, 4) is 5.75 Å². The number of nitrogens with two attached hydrogens (primary N) is 3. The summed E-state index contributed by atoms with van der Waals surface area (Å²) in [6.07, 6.45) is -1.46. The van der Waals surface area contributed by atoms with Crippen LogP contribution in [0.4, 0.5) is 0 Å². The molecule has 28 heteroatoms. The van der Waals surface area contributed by atoms with Gasteiger partial charge >= 0.3 is 0 Å². The first kappa shape index (κ1) is 59.1. The molecule has 1 aromatic carbocycles. The van der Waals surface area contributed by atoms with E-state index in [2.05, 4.69) is 60.5 Å². The minimum absolute atomic E-state index is 0.114. The number of carbonyl (C=O) groups excluding carboxylic acids is 12. The van der Waals surface area contributed by atoms with Crippen molar-refractivity contribution in [2.24, 2.45) is 29.0 Å². The molecule has 27 nitrogen and oxygen atoms in total. The Balaban J connectivity index is 3.05. The minimum Gasteiger partial charge on any atom is -0.508 e. The van der Waals surface area contributed by atoms with Crippen molar-refractivity contribution in [3.63, 3.8) is 0 Å². The highest BCUT2D eigenvalue weighted by Crippen LogP contribution is 2.12. The molecule has 0 bridgehead atoms. The zero-order valence-electron chi connectivity index (χ0n) is 37.7. The van der Waals surface area contributed by atoms with Gasteiger partial charge in [-0.05, 0) is 29.5 Å². The maximum absolute atomic E-state index is 13.5. The van der Waals surface area contributed by atoms with Gasteiger partial charge in [0.15, 0.2) is 0 Å². The molecule has 0 aliphatic heterocycles. The van der Waals surface area contributed by atoms with E-state index in [4.69, 9.17) is 22.3 Å². The Bertz CT molecular complexity index is 1970. The van der Waals surface area contributed by atoms with Crippen molar-refractivity contribution in [2.75, 3.05) is 32.1 Å². The number of carbonyl (C=O) groups is 12. The van der Waals surface area contributed by atoms with Crippen LogP contribution >= 0.6 is 12.6 Å². The van der Waals surface area contributed by atoms with Crippen molar-refractivity contribution >= 4 is 83.9 Å². The molecule has 0 spiro atoms. The van der Waals surface area contributed by atoms with E-state index in [1.165, 1.54) is 38.1 Å². The monoisotopic (exact) mass is 982 g/mol. The normalized spacial score (nSPS) is 14.4. The van der Waals surface area contributed by atoms with E-state index in [0.717, 1.165) is 0 Å². The van der Waals surface area contributed by atoms with Crippen molar-refractivity contribution in [1.29, 1.82) is 0 Å². The Morgan fingerprint density at radius 2 is 1.03 bits per heavy atom. The van der Waals surface area contributed by atoms with Crippen molar-refractivity contribution in [2.45, 2.75) is 95.3 Å². The summed E-state index contributed by atoms with van der Waals surface area (Å²) in [7, 11) is 0. The standard InChI is InChI=1S/C40H62N12O15S/c1-18(2)32(43)39(66)49-25(11-29(42)58)36(63)48-23(9-20-5-7-22(56)8-6-20)34(61)44-12-30(59)47-24(10-28(41)57)35(62)45-13-31(60)52-33(19(3)4)40(67)50-26(16-55)37(64)51-27(17-68)38(65)46-21(14-53)15-54/h5-8,14,18-19,21,23-27,32-33,54-56,68H,9-13,15-17,43H2,1-4H3,(H2,41,57)(H2,42,58)(H,44,61)(H,45,62)(H,46,65)(H,47,59)(H,48,63)(H,49,66)(H,50,67)(H,51,64)(H,52,60). The molecule has 0 aliphatic carbocycles. The lowest BCUT2D eigenvalue weighted by Gasteiger charge is -2.26. The number of hydrogen-bond donors (Lipinski definition) is 16. The third-order valence-electron chi connectivity index (χ3n) is 9.56. The van der Waals surface area contributed by atoms with E-state index in [1.807, 2.05) is 0 Å². The molecule has 1 aromatic rings. The molecular formula is C40H62N12O15S. The number of phenolic OH excluding ortho intramolecular Hbond substituents is 1. The fourth-order valence-electron chi connectivity index (χ4n) is 5.65. The number of benzene rings is 1. The highest BCUT2D eigenvalue weighted by Gasteiger charge is 2.33. The van der Waals surface area contributed by atoms with Gasteiger partial charge in [-0.15, -0.1) is 0 Å². The molecule has 0 heterocycles. The Labute approximate surface area is 395 Å². The van der Waals surface area contributed by atoms with Crippen LogP contribution in [-0.4, -0.2) is 167 Å².